The van der Waals surface area contributed by atoms with Gasteiger partial charge in [-0.3, -0.25) is 4.79 Å². The third-order valence-electron chi connectivity index (χ3n) is 4.04. The first-order valence-electron chi connectivity index (χ1n) is 7.48. The highest BCUT2D eigenvalue weighted by Crippen LogP contribution is 2.19. The summed E-state index contributed by atoms with van der Waals surface area (Å²) in [5.41, 5.74) is 6.60. The van der Waals surface area contributed by atoms with Crippen molar-refractivity contribution < 1.29 is 4.79 Å². The Hall–Kier alpha value is -1.69. The molecular formula is C15H25N5O. The number of carbonyl (C=O) groups is 1. The predicted molar refractivity (Wildman–Crippen MR) is 83.1 cm³/mol. The van der Waals surface area contributed by atoms with Crippen LogP contribution < -0.4 is 5.73 Å². The van der Waals surface area contributed by atoms with Crippen molar-refractivity contribution in [3.05, 3.63) is 17.7 Å². The van der Waals surface area contributed by atoms with Gasteiger partial charge in [0.2, 0.25) is 0 Å². The van der Waals surface area contributed by atoms with Crippen molar-refractivity contribution in [2.24, 2.45) is 0 Å². The predicted octanol–water partition coefficient (Wildman–Crippen LogP) is 1.35. The normalized spacial score (nSPS) is 16.8. The highest BCUT2D eigenvalue weighted by molar-refractivity contribution is 5.97. The SMILES string of the molecule is CC(C)c1ncc(N)c(C(=O)N2CCC(N(C)C)CC2)n1. The fourth-order valence-electron chi connectivity index (χ4n) is 2.59. The number of anilines is 1. The highest BCUT2D eigenvalue weighted by atomic mass is 16.2. The van der Waals surface area contributed by atoms with Crippen LogP contribution >= 0.6 is 0 Å². The molecule has 0 aliphatic carbocycles. The van der Waals surface area contributed by atoms with Crippen molar-refractivity contribution in [3.8, 4) is 0 Å². The molecule has 1 aliphatic heterocycles. The summed E-state index contributed by atoms with van der Waals surface area (Å²) in [4.78, 5) is 25.2. The smallest absolute Gasteiger partial charge is 0.274 e. The molecule has 0 aromatic carbocycles. The molecule has 6 nitrogen and oxygen atoms in total. The zero-order valence-corrected chi connectivity index (χ0v) is 13.3. The third kappa shape index (κ3) is 3.50. The Labute approximate surface area is 126 Å². The molecule has 21 heavy (non-hydrogen) atoms. The van der Waals surface area contributed by atoms with Gasteiger partial charge in [-0.15, -0.1) is 0 Å². The lowest BCUT2D eigenvalue weighted by Crippen LogP contribution is -2.44. The lowest BCUT2D eigenvalue weighted by Gasteiger charge is -2.35. The molecule has 2 heterocycles. The van der Waals surface area contributed by atoms with Crippen molar-refractivity contribution in [3.63, 3.8) is 0 Å². The molecule has 0 bridgehead atoms. The van der Waals surface area contributed by atoms with Gasteiger partial charge in [0.1, 0.15) is 5.82 Å². The van der Waals surface area contributed by atoms with Crippen molar-refractivity contribution >= 4 is 11.6 Å². The number of hydrogen-bond acceptors (Lipinski definition) is 5. The van der Waals surface area contributed by atoms with Crippen molar-refractivity contribution in [1.29, 1.82) is 0 Å². The Morgan fingerprint density at radius 1 is 1.38 bits per heavy atom. The summed E-state index contributed by atoms with van der Waals surface area (Å²) in [6, 6.07) is 0.544. The molecule has 0 unspecified atom stereocenters. The van der Waals surface area contributed by atoms with Crippen molar-refractivity contribution in [2.45, 2.75) is 38.6 Å². The van der Waals surface area contributed by atoms with Gasteiger partial charge < -0.3 is 15.5 Å². The Bertz CT molecular complexity index is 507. The van der Waals surface area contributed by atoms with Crippen LogP contribution in [-0.4, -0.2) is 58.9 Å². The van der Waals surface area contributed by atoms with E-state index in [0.717, 1.165) is 25.9 Å². The summed E-state index contributed by atoms with van der Waals surface area (Å²) >= 11 is 0. The maximum atomic E-state index is 12.6. The number of nitrogen functional groups attached to an aromatic ring is 1. The molecule has 2 N–H and O–H groups in total. The number of nitrogens with zero attached hydrogens (tertiary/aromatic N) is 4. The van der Waals surface area contributed by atoms with Gasteiger partial charge in [0, 0.05) is 25.0 Å². The van der Waals surface area contributed by atoms with Crippen LogP contribution in [0.3, 0.4) is 0 Å². The second kappa shape index (κ2) is 6.39. The number of rotatable bonds is 3. The van der Waals surface area contributed by atoms with Gasteiger partial charge in [-0.2, -0.15) is 0 Å². The first kappa shape index (κ1) is 15.7. The molecule has 0 radical (unpaired) electrons. The van der Waals surface area contributed by atoms with Crippen molar-refractivity contribution in [1.82, 2.24) is 19.8 Å². The number of piperidine rings is 1. The minimum Gasteiger partial charge on any atom is -0.396 e. The minimum atomic E-state index is -0.0750. The number of carbonyl (C=O) groups excluding carboxylic acids is 1. The van der Waals surface area contributed by atoms with Crippen LogP contribution in [0.1, 0.15) is 48.9 Å². The molecule has 1 saturated heterocycles. The van der Waals surface area contributed by atoms with Crippen LogP contribution in [0, 0.1) is 0 Å². The van der Waals surface area contributed by atoms with Gasteiger partial charge in [0.05, 0.1) is 11.9 Å². The molecule has 0 spiro atoms. The lowest BCUT2D eigenvalue weighted by atomic mass is 10.0. The Morgan fingerprint density at radius 3 is 2.52 bits per heavy atom. The summed E-state index contributed by atoms with van der Waals surface area (Å²) in [7, 11) is 4.17. The van der Waals surface area contributed by atoms with E-state index in [0.29, 0.717) is 23.2 Å². The molecule has 6 heteroatoms. The molecule has 0 atom stereocenters. The fraction of sp³-hybridized carbons (Fsp3) is 0.667. The molecule has 1 amide bonds. The van der Waals surface area contributed by atoms with Gasteiger partial charge in [-0.05, 0) is 26.9 Å². The van der Waals surface area contributed by atoms with E-state index in [4.69, 9.17) is 5.73 Å². The van der Waals surface area contributed by atoms with Crippen molar-refractivity contribution in [2.75, 3.05) is 32.9 Å². The standard InChI is InChI=1S/C15H25N5O/c1-10(2)14-17-9-12(16)13(18-14)15(21)20-7-5-11(6-8-20)19(3)4/h9-11H,5-8,16H2,1-4H3. The van der Waals surface area contributed by atoms with Crippen LogP contribution in [0.25, 0.3) is 0 Å². The van der Waals surface area contributed by atoms with E-state index in [1.54, 1.807) is 6.20 Å². The zero-order valence-electron chi connectivity index (χ0n) is 13.3. The second-order valence-electron chi connectivity index (χ2n) is 6.17. The van der Waals surface area contributed by atoms with Crippen LogP contribution in [-0.2, 0) is 0 Å². The fourth-order valence-corrected chi connectivity index (χ4v) is 2.59. The largest absolute Gasteiger partial charge is 0.396 e. The molecular weight excluding hydrogens is 266 g/mol. The van der Waals surface area contributed by atoms with Gasteiger partial charge in [0.15, 0.2) is 5.69 Å². The molecule has 1 aromatic rings. The Kier molecular flexibility index (Phi) is 4.77. The third-order valence-corrected chi connectivity index (χ3v) is 4.04. The summed E-state index contributed by atoms with van der Waals surface area (Å²) < 4.78 is 0. The lowest BCUT2D eigenvalue weighted by molar-refractivity contribution is 0.0658. The van der Waals surface area contributed by atoms with Gasteiger partial charge in [-0.25, -0.2) is 9.97 Å². The van der Waals surface area contributed by atoms with E-state index < -0.39 is 0 Å². The maximum absolute atomic E-state index is 12.6. The average Bonchev–Trinajstić information content (AvgIpc) is 2.47. The molecule has 0 saturated carbocycles. The molecule has 1 aromatic heterocycles. The highest BCUT2D eigenvalue weighted by Gasteiger charge is 2.27. The van der Waals surface area contributed by atoms with E-state index >= 15 is 0 Å². The van der Waals surface area contributed by atoms with E-state index in [1.165, 1.54) is 0 Å². The van der Waals surface area contributed by atoms with E-state index in [1.807, 2.05) is 18.7 Å². The number of likely N-dealkylation sites (tertiary alicyclic amines) is 1. The van der Waals surface area contributed by atoms with Crippen LogP contribution in [0.15, 0.2) is 6.20 Å². The first-order valence-corrected chi connectivity index (χ1v) is 7.48. The monoisotopic (exact) mass is 291 g/mol. The van der Waals surface area contributed by atoms with E-state index in [2.05, 4.69) is 29.0 Å². The van der Waals surface area contributed by atoms with Crippen LogP contribution in [0.5, 0.6) is 0 Å². The van der Waals surface area contributed by atoms with Gasteiger partial charge in [-0.1, -0.05) is 13.8 Å². The summed E-state index contributed by atoms with van der Waals surface area (Å²) in [6.45, 7) is 5.51. The second-order valence-corrected chi connectivity index (χ2v) is 6.17. The average molecular weight is 291 g/mol. The Balaban J connectivity index is 2.12. The maximum Gasteiger partial charge on any atom is 0.274 e. The first-order chi connectivity index (χ1) is 9.90. The van der Waals surface area contributed by atoms with E-state index in [-0.39, 0.29) is 11.8 Å². The summed E-state index contributed by atoms with van der Waals surface area (Å²) in [5, 5.41) is 0. The summed E-state index contributed by atoms with van der Waals surface area (Å²) in [5.74, 6) is 0.765. The summed E-state index contributed by atoms with van der Waals surface area (Å²) in [6.07, 6.45) is 3.52. The van der Waals surface area contributed by atoms with Gasteiger partial charge in [0.25, 0.3) is 5.91 Å². The quantitative estimate of drug-likeness (QED) is 0.909. The van der Waals surface area contributed by atoms with E-state index in [9.17, 15) is 4.79 Å². The topological polar surface area (TPSA) is 75.3 Å². The zero-order chi connectivity index (χ0) is 15.6. The number of amides is 1. The van der Waals surface area contributed by atoms with Crippen LogP contribution in [0.4, 0.5) is 5.69 Å². The molecule has 1 aliphatic rings. The molecule has 116 valence electrons. The van der Waals surface area contributed by atoms with Gasteiger partial charge >= 0.3 is 0 Å². The number of aromatic nitrogens is 2. The molecule has 2 rings (SSSR count). The molecule has 1 fully saturated rings. The number of hydrogen-bond donors (Lipinski definition) is 1. The Morgan fingerprint density at radius 2 is 2.00 bits per heavy atom. The minimum absolute atomic E-state index is 0.0750. The number of nitrogens with two attached hydrogens (primary N) is 1. The van der Waals surface area contributed by atoms with Crippen LogP contribution in [0.2, 0.25) is 0 Å².